The quantitative estimate of drug-likeness (QED) is 0.323. The van der Waals surface area contributed by atoms with Crippen molar-refractivity contribution in [1.82, 2.24) is 4.90 Å². The van der Waals surface area contributed by atoms with Crippen molar-refractivity contribution in [3.05, 3.63) is 64.5 Å². The normalized spacial score (nSPS) is 29.2. The predicted octanol–water partition coefficient (Wildman–Crippen LogP) is 5.78. The molecule has 2 aromatic carbocycles. The van der Waals surface area contributed by atoms with Crippen LogP contribution in [0.4, 0.5) is 10.1 Å². The number of halogens is 2. The first-order valence-corrected chi connectivity index (χ1v) is 15.6. The van der Waals surface area contributed by atoms with Gasteiger partial charge in [-0.25, -0.2) is 9.29 Å². The molecule has 6 rings (SSSR count). The van der Waals surface area contributed by atoms with Gasteiger partial charge in [0.2, 0.25) is 29.4 Å². The summed E-state index contributed by atoms with van der Waals surface area (Å²) in [7, 11) is 2.84. The average Bonchev–Trinajstić information content (AvgIpc) is 3.38. The van der Waals surface area contributed by atoms with Gasteiger partial charge in [-0.1, -0.05) is 35.4 Å². The van der Waals surface area contributed by atoms with Crippen LogP contribution in [-0.4, -0.2) is 53.4 Å². The Bertz CT molecular complexity index is 1720. The second-order valence-electron chi connectivity index (χ2n) is 13.6. The molecule has 2 aromatic rings. The first kappa shape index (κ1) is 31.8. The monoisotopic (exact) mass is 650 g/mol. The molecular weight excluding hydrogens is 615 g/mol. The molecule has 11 heteroatoms. The Labute approximate surface area is 271 Å². The number of amides is 4. The molecule has 4 amide bonds. The predicted molar refractivity (Wildman–Crippen MR) is 169 cm³/mol. The Hall–Kier alpha value is -4.18. The summed E-state index contributed by atoms with van der Waals surface area (Å²) in [5, 5.41) is 10.2. The van der Waals surface area contributed by atoms with E-state index in [0.717, 1.165) is 16.5 Å². The first-order chi connectivity index (χ1) is 21.6. The number of hydrogen-bond acceptors (Lipinski definition) is 7. The lowest BCUT2D eigenvalue weighted by atomic mass is 9.52. The molecular formula is C35H36ClFN2O7. The number of rotatable bonds is 5. The molecule has 2 aliphatic heterocycles. The molecule has 1 N–H and O–H groups in total. The number of anilines is 1. The fourth-order valence-electron chi connectivity index (χ4n) is 7.97. The maximum absolute atomic E-state index is 14.4. The summed E-state index contributed by atoms with van der Waals surface area (Å²) in [6.45, 7) is 7.22. The number of ether oxygens (including phenoxy) is 2. The van der Waals surface area contributed by atoms with Crippen molar-refractivity contribution in [2.75, 3.05) is 19.1 Å². The number of fused-ring (bicyclic) bond motifs is 4. The largest absolute Gasteiger partial charge is 0.502 e. The first-order valence-electron chi connectivity index (χ1n) is 15.2. The number of benzene rings is 2. The van der Waals surface area contributed by atoms with Gasteiger partial charge >= 0.3 is 0 Å². The molecule has 0 radical (unpaired) electrons. The minimum atomic E-state index is -1.27. The third kappa shape index (κ3) is 4.55. The smallest absolute Gasteiger partial charge is 0.241 e. The lowest BCUT2D eigenvalue weighted by Crippen LogP contribution is -2.50. The van der Waals surface area contributed by atoms with Gasteiger partial charge in [0.15, 0.2) is 11.5 Å². The SMILES string of the molecule is COc1cc(C=C[C@H]2C3=CC[C@@H]4C(=O)N(C(C)(C)C)C(=O)[C@@H]4[C@@H]3C[C@H]3C(=O)N(c4ccc(F)c(Cl)c4)C(=O)[C@@]23C)cc(OC)c1O. The summed E-state index contributed by atoms with van der Waals surface area (Å²) in [4.78, 5) is 58.6. The number of hydrogen-bond donors (Lipinski definition) is 1. The molecule has 2 aliphatic carbocycles. The number of phenolic OH excluding ortho intramolecular Hbond substituents is 1. The molecule has 0 spiro atoms. The molecule has 9 nitrogen and oxygen atoms in total. The van der Waals surface area contributed by atoms with E-state index >= 15 is 0 Å². The van der Waals surface area contributed by atoms with E-state index < -0.39 is 58.2 Å². The Morgan fingerprint density at radius 3 is 2.24 bits per heavy atom. The zero-order valence-electron chi connectivity index (χ0n) is 26.5. The van der Waals surface area contributed by atoms with Crippen LogP contribution in [0, 0.1) is 40.8 Å². The minimum absolute atomic E-state index is 0.161. The van der Waals surface area contributed by atoms with Crippen molar-refractivity contribution >= 4 is 47.0 Å². The van der Waals surface area contributed by atoms with Crippen LogP contribution in [0.5, 0.6) is 17.2 Å². The lowest BCUT2D eigenvalue weighted by Gasteiger charge is -2.48. The molecule has 0 aromatic heterocycles. The van der Waals surface area contributed by atoms with Crippen molar-refractivity contribution in [2.45, 2.75) is 46.1 Å². The van der Waals surface area contributed by atoms with Crippen molar-refractivity contribution in [3.8, 4) is 17.2 Å². The molecule has 3 fully saturated rings. The number of aromatic hydroxyl groups is 1. The molecule has 2 heterocycles. The van der Waals surface area contributed by atoms with E-state index in [9.17, 15) is 28.7 Å². The molecule has 46 heavy (non-hydrogen) atoms. The number of allylic oxidation sites excluding steroid dienone is 3. The maximum atomic E-state index is 14.4. The van der Waals surface area contributed by atoms with Crippen LogP contribution in [0.15, 0.2) is 48.1 Å². The van der Waals surface area contributed by atoms with Gasteiger partial charge in [-0.05, 0) is 82.3 Å². The van der Waals surface area contributed by atoms with Crippen molar-refractivity contribution in [1.29, 1.82) is 0 Å². The van der Waals surface area contributed by atoms with Gasteiger partial charge in [0.1, 0.15) is 5.82 Å². The van der Waals surface area contributed by atoms with Gasteiger partial charge in [0.25, 0.3) is 0 Å². The number of carbonyl (C=O) groups excluding carboxylic acids is 4. The van der Waals surface area contributed by atoms with E-state index in [1.807, 2.05) is 32.9 Å². The fraction of sp³-hybridized carbons (Fsp3) is 0.429. The van der Waals surface area contributed by atoms with Gasteiger partial charge in [-0.15, -0.1) is 0 Å². The molecule has 242 valence electrons. The molecule has 0 bridgehead atoms. The lowest BCUT2D eigenvalue weighted by molar-refractivity contribution is -0.145. The number of methoxy groups -OCH3 is 2. The van der Waals surface area contributed by atoms with Crippen LogP contribution < -0.4 is 14.4 Å². The number of nitrogens with zero attached hydrogens (tertiary/aromatic N) is 2. The number of likely N-dealkylation sites (tertiary alicyclic amines) is 1. The third-order valence-electron chi connectivity index (χ3n) is 10.2. The van der Waals surface area contributed by atoms with E-state index in [1.165, 1.54) is 31.3 Å². The summed E-state index contributed by atoms with van der Waals surface area (Å²) in [6.07, 6.45) is 6.10. The Balaban J connectivity index is 1.49. The van der Waals surface area contributed by atoms with E-state index in [1.54, 1.807) is 25.1 Å². The Kier molecular flexibility index (Phi) is 7.58. The van der Waals surface area contributed by atoms with Gasteiger partial charge in [-0.3, -0.25) is 24.1 Å². The molecule has 0 unspecified atom stereocenters. The summed E-state index contributed by atoms with van der Waals surface area (Å²) >= 11 is 6.07. The Morgan fingerprint density at radius 2 is 1.65 bits per heavy atom. The van der Waals surface area contributed by atoms with Crippen molar-refractivity contribution < 1.29 is 38.1 Å². The van der Waals surface area contributed by atoms with Crippen LogP contribution in [0.1, 0.15) is 46.1 Å². The summed E-state index contributed by atoms with van der Waals surface area (Å²) in [6, 6.07) is 6.96. The number of phenols is 1. The third-order valence-corrected chi connectivity index (χ3v) is 10.5. The van der Waals surface area contributed by atoms with Crippen LogP contribution in [0.25, 0.3) is 6.08 Å². The van der Waals surface area contributed by atoms with Gasteiger partial charge in [0.05, 0.1) is 48.1 Å². The molecule has 1 saturated carbocycles. The van der Waals surface area contributed by atoms with Gasteiger partial charge in [-0.2, -0.15) is 0 Å². The summed E-state index contributed by atoms with van der Waals surface area (Å²) in [5.74, 6) is -5.06. The standard InChI is InChI=1S/C35H36ClFN2O7/c1-34(2,3)39-30(41)20-10-9-19-21(28(20)32(39)43)16-23-31(42)38(18-8-12-25(37)24(36)15-18)33(44)35(23,4)22(19)11-7-17-13-26(45-5)29(40)27(14-17)46-6/h7-9,11-15,20-23,28,40H,10,16H2,1-6H3/t20-,21+,22-,23-,28-,35-/m0/s1. The highest BCUT2D eigenvalue weighted by molar-refractivity contribution is 6.31. The van der Waals surface area contributed by atoms with Gasteiger partial charge in [0, 0.05) is 11.5 Å². The molecule has 6 atom stereocenters. The van der Waals surface area contributed by atoms with Gasteiger partial charge < -0.3 is 14.6 Å². The van der Waals surface area contributed by atoms with Crippen LogP contribution in [0.3, 0.4) is 0 Å². The highest BCUT2D eigenvalue weighted by atomic mass is 35.5. The van der Waals surface area contributed by atoms with Crippen LogP contribution in [-0.2, 0) is 19.2 Å². The number of carbonyl (C=O) groups is 4. The highest BCUT2D eigenvalue weighted by Gasteiger charge is 2.67. The highest BCUT2D eigenvalue weighted by Crippen LogP contribution is 2.61. The van der Waals surface area contributed by atoms with E-state index in [0.29, 0.717) is 12.0 Å². The topological polar surface area (TPSA) is 113 Å². The van der Waals surface area contributed by atoms with Crippen molar-refractivity contribution in [2.24, 2.45) is 35.0 Å². The maximum Gasteiger partial charge on any atom is 0.241 e. The van der Waals surface area contributed by atoms with Crippen LogP contribution >= 0.6 is 11.6 Å². The van der Waals surface area contributed by atoms with E-state index in [2.05, 4.69) is 0 Å². The Morgan fingerprint density at radius 1 is 1.00 bits per heavy atom. The zero-order chi connectivity index (χ0) is 33.5. The zero-order valence-corrected chi connectivity index (χ0v) is 27.2. The van der Waals surface area contributed by atoms with E-state index in [-0.39, 0.29) is 46.2 Å². The number of imide groups is 2. The summed E-state index contributed by atoms with van der Waals surface area (Å²) < 4.78 is 24.7. The fourth-order valence-corrected chi connectivity index (χ4v) is 8.14. The molecule has 2 saturated heterocycles. The van der Waals surface area contributed by atoms with Crippen LogP contribution in [0.2, 0.25) is 5.02 Å². The van der Waals surface area contributed by atoms with E-state index in [4.69, 9.17) is 21.1 Å². The second-order valence-corrected chi connectivity index (χ2v) is 14.0. The summed E-state index contributed by atoms with van der Waals surface area (Å²) in [5.41, 5.74) is -0.403. The van der Waals surface area contributed by atoms with Crippen molar-refractivity contribution in [3.63, 3.8) is 0 Å². The molecule has 4 aliphatic rings. The second kappa shape index (κ2) is 11.0. The minimum Gasteiger partial charge on any atom is -0.502 e. The average molecular weight is 651 g/mol.